The summed E-state index contributed by atoms with van der Waals surface area (Å²) >= 11 is 0. The number of hydrazine groups is 1. The molecule has 2 nitrogen and oxygen atoms in total. The van der Waals surface area contributed by atoms with Gasteiger partial charge in [0, 0.05) is 12.6 Å². The summed E-state index contributed by atoms with van der Waals surface area (Å²) in [6.45, 7) is 1.16. The zero-order chi connectivity index (χ0) is 5.56. The second-order valence-corrected chi connectivity index (χ2v) is 3.03. The van der Waals surface area contributed by atoms with Crippen molar-refractivity contribution in [3.05, 3.63) is 0 Å². The van der Waals surface area contributed by atoms with Crippen molar-refractivity contribution in [3.8, 4) is 0 Å². The molecule has 0 radical (unpaired) electrons. The van der Waals surface area contributed by atoms with Crippen LogP contribution in [0.2, 0.25) is 0 Å². The molecule has 0 spiro atoms. The first-order chi connectivity index (χ1) is 3.86. The van der Waals surface area contributed by atoms with Gasteiger partial charge in [-0.25, -0.2) is 5.01 Å². The fourth-order valence-electron chi connectivity index (χ4n) is 1.96. The van der Waals surface area contributed by atoms with Crippen molar-refractivity contribution in [2.24, 2.45) is 11.8 Å². The number of fused-ring (bicyclic) bond motifs is 2. The first-order valence-electron chi connectivity index (χ1n) is 3.37. The number of nitrogens with two attached hydrogens (primary N) is 1. The number of nitrogens with zero attached hydrogens (tertiary/aromatic N) is 1. The van der Waals surface area contributed by atoms with Crippen LogP contribution in [-0.4, -0.2) is 17.6 Å². The van der Waals surface area contributed by atoms with Crippen LogP contribution in [0, 0.1) is 5.92 Å². The Balaban J connectivity index is 2.11. The van der Waals surface area contributed by atoms with Gasteiger partial charge in [0.1, 0.15) is 0 Å². The molecule has 0 aromatic rings. The molecule has 46 valence electrons. The highest BCUT2D eigenvalue weighted by atomic mass is 15.4. The smallest absolute Gasteiger partial charge is 0.0244 e. The number of rotatable bonds is 0. The van der Waals surface area contributed by atoms with Crippen molar-refractivity contribution in [2.45, 2.75) is 25.3 Å². The molecule has 0 amide bonds. The van der Waals surface area contributed by atoms with Gasteiger partial charge in [0.25, 0.3) is 0 Å². The Bertz CT molecular complexity index is 101. The summed E-state index contributed by atoms with van der Waals surface area (Å²) in [5.74, 6) is 6.60. The van der Waals surface area contributed by atoms with Gasteiger partial charge < -0.3 is 0 Å². The molecule has 0 aromatic heterocycles. The van der Waals surface area contributed by atoms with Gasteiger partial charge in [-0.05, 0) is 25.2 Å². The number of piperidine rings is 1. The van der Waals surface area contributed by atoms with E-state index in [1.54, 1.807) is 0 Å². The number of hydrogen-bond acceptors (Lipinski definition) is 2. The van der Waals surface area contributed by atoms with Crippen LogP contribution in [0.5, 0.6) is 0 Å². The maximum Gasteiger partial charge on any atom is 0.0244 e. The van der Waals surface area contributed by atoms with Crippen LogP contribution in [0.3, 0.4) is 0 Å². The Labute approximate surface area is 49.6 Å². The first-order valence-corrected chi connectivity index (χ1v) is 3.37. The van der Waals surface area contributed by atoms with Gasteiger partial charge in [0.2, 0.25) is 0 Å². The average molecular weight is 112 g/mol. The van der Waals surface area contributed by atoms with Crippen LogP contribution in [0.15, 0.2) is 0 Å². The van der Waals surface area contributed by atoms with E-state index in [-0.39, 0.29) is 0 Å². The molecular weight excluding hydrogens is 100 g/mol. The monoisotopic (exact) mass is 112 g/mol. The van der Waals surface area contributed by atoms with Crippen molar-refractivity contribution in [1.29, 1.82) is 0 Å². The normalized spacial score (nSPS) is 46.1. The largest absolute Gasteiger partial charge is 0.269 e. The first kappa shape index (κ1) is 4.77. The lowest BCUT2D eigenvalue weighted by Gasteiger charge is -2.20. The Morgan fingerprint density at radius 3 is 2.50 bits per heavy atom. The molecule has 0 aromatic carbocycles. The SMILES string of the molecule is NN1CC2CCC1C2. The van der Waals surface area contributed by atoms with Gasteiger partial charge in [0.15, 0.2) is 0 Å². The molecule has 2 N–H and O–H groups in total. The lowest BCUT2D eigenvalue weighted by atomic mass is 10.1. The minimum absolute atomic E-state index is 0.750. The van der Waals surface area contributed by atoms with Crippen LogP contribution < -0.4 is 5.84 Å². The van der Waals surface area contributed by atoms with Crippen LogP contribution >= 0.6 is 0 Å². The van der Waals surface area contributed by atoms with Crippen LogP contribution in [0.4, 0.5) is 0 Å². The highest BCUT2D eigenvalue weighted by molar-refractivity contribution is 4.89. The lowest BCUT2D eigenvalue weighted by Crippen LogP contribution is -2.37. The standard InChI is InChI=1S/C6H12N2/c7-8-4-5-1-2-6(8)3-5/h5-6H,1-4,7H2. The van der Waals surface area contributed by atoms with Crippen LogP contribution in [-0.2, 0) is 0 Å². The predicted octanol–water partition coefficient (Wildman–Crippen LogP) is 0.344. The van der Waals surface area contributed by atoms with Gasteiger partial charge in [0.05, 0.1) is 0 Å². The fourth-order valence-corrected chi connectivity index (χ4v) is 1.96. The second-order valence-electron chi connectivity index (χ2n) is 3.03. The minimum Gasteiger partial charge on any atom is -0.269 e. The van der Waals surface area contributed by atoms with E-state index in [1.165, 1.54) is 19.3 Å². The number of hydrogen-bond donors (Lipinski definition) is 1. The maximum atomic E-state index is 5.65. The average Bonchev–Trinajstić information content (AvgIpc) is 2.23. The summed E-state index contributed by atoms with van der Waals surface area (Å²) < 4.78 is 0. The van der Waals surface area contributed by atoms with Crippen molar-refractivity contribution in [1.82, 2.24) is 5.01 Å². The Hall–Kier alpha value is -0.0800. The molecule has 1 saturated heterocycles. The van der Waals surface area contributed by atoms with Gasteiger partial charge in [-0.1, -0.05) is 0 Å². The van der Waals surface area contributed by atoms with E-state index in [2.05, 4.69) is 0 Å². The van der Waals surface area contributed by atoms with Gasteiger partial charge >= 0.3 is 0 Å². The Kier molecular flexibility index (Phi) is 0.866. The molecule has 8 heavy (non-hydrogen) atoms. The summed E-state index contributed by atoms with van der Waals surface area (Å²) in [7, 11) is 0. The third-order valence-corrected chi connectivity index (χ3v) is 2.45. The van der Waals surface area contributed by atoms with Crippen molar-refractivity contribution in [2.75, 3.05) is 6.54 Å². The van der Waals surface area contributed by atoms with Crippen molar-refractivity contribution in [3.63, 3.8) is 0 Å². The van der Waals surface area contributed by atoms with Gasteiger partial charge in [-0.15, -0.1) is 0 Å². The topological polar surface area (TPSA) is 29.3 Å². The van der Waals surface area contributed by atoms with E-state index in [4.69, 9.17) is 5.84 Å². The van der Waals surface area contributed by atoms with Gasteiger partial charge in [-0.3, -0.25) is 5.84 Å². The predicted molar refractivity (Wildman–Crippen MR) is 32.0 cm³/mol. The van der Waals surface area contributed by atoms with Crippen molar-refractivity contribution >= 4 is 0 Å². The van der Waals surface area contributed by atoms with Gasteiger partial charge in [-0.2, -0.15) is 0 Å². The molecule has 2 bridgehead atoms. The molecule has 1 heterocycles. The van der Waals surface area contributed by atoms with E-state index in [0.29, 0.717) is 0 Å². The molecule has 2 aliphatic rings. The highest BCUT2D eigenvalue weighted by Crippen LogP contribution is 2.34. The Morgan fingerprint density at radius 2 is 2.25 bits per heavy atom. The summed E-state index contributed by atoms with van der Waals surface area (Å²) in [6, 6.07) is 0.750. The molecular formula is C6H12N2. The lowest BCUT2D eigenvalue weighted by molar-refractivity contribution is 0.219. The molecule has 2 heteroatoms. The summed E-state index contributed by atoms with van der Waals surface area (Å²) in [4.78, 5) is 0. The molecule has 2 rings (SSSR count). The molecule has 1 saturated carbocycles. The molecule has 2 fully saturated rings. The third-order valence-electron chi connectivity index (χ3n) is 2.45. The summed E-state index contributed by atoms with van der Waals surface area (Å²) in [5, 5.41) is 2.01. The maximum absolute atomic E-state index is 5.65. The molecule has 1 aliphatic carbocycles. The van der Waals surface area contributed by atoms with E-state index in [9.17, 15) is 0 Å². The highest BCUT2D eigenvalue weighted by Gasteiger charge is 2.35. The van der Waals surface area contributed by atoms with E-state index >= 15 is 0 Å². The van der Waals surface area contributed by atoms with Crippen LogP contribution in [0.1, 0.15) is 19.3 Å². The third kappa shape index (κ3) is 0.501. The summed E-state index contributed by atoms with van der Waals surface area (Å²) in [6.07, 6.45) is 4.15. The van der Waals surface area contributed by atoms with E-state index < -0.39 is 0 Å². The quantitative estimate of drug-likeness (QED) is 0.458. The fraction of sp³-hybridized carbons (Fsp3) is 1.00. The van der Waals surface area contributed by atoms with E-state index in [1.807, 2.05) is 5.01 Å². The second kappa shape index (κ2) is 1.45. The minimum atomic E-state index is 0.750. The van der Waals surface area contributed by atoms with Crippen LogP contribution in [0.25, 0.3) is 0 Å². The molecule has 2 unspecified atom stereocenters. The van der Waals surface area contributed by atoms with Crippen molar-refractivity contribution < 1.29 is 0 Å². The van der Waals surface area contributed by atoms with E-state index in [0.717, 1.165) is 18.5 Å². The summed E-state index contributed by atoms with van der Waals surface area (Å²) in [5.41, 5.74) is 0. The zero-order valence-electron chi connectivity index (χ0n) is 5.01. The zero-order valence-corrected chi connectivity index (χ0v) is 5.01. The molecule has 2 atom stereocenters. The molecule has 1 aliphatic heterocycles. The Morgan fingerprint density at radius 1 is 1.38 bits per heavy atom.